The van der Waals surface area contributed by atoms with E-state index in [1.165, 1.54) is 0 Å². The van der Waals surface area contributed by atoms with Gasteiger partial charge in [0, 0.05) is 25.7 Å². The van der Waals surface area contributed by atoms with Gasteiger partial charge in [0.1, 0.15) is 0 Å². The van der Waals surface area contributed by atoms with Crippen LogP contribution in [0.3, 0.4) is 0 Å². The van der Waals surface area contributed by atoms with Crippen LogP contribution in [0.5, 0.6) is 0 Å². The number of aliphatic hydroxyl groups is 1. The standard InChI is InChI=1S/C14H28N2O3S/c1-12-6-4-5-9-16(12)20(18,19)15-10-13-7-2-3-8-14(13)11-17/h12-15,17H,2-11H2,1H3. The number of nitrogens with one attached hydrogen (secondary N) is 1. The molecule has 1 aliphatic carbocycles. The van der Waals surface area contributed by atoms with Crippen LogP contribution in [0.15, 0.2) is 0 Å². The highest BCUT2D eigenvalue weighted by Gasteiger charge is 2.31. The van der Waals surface area contributed by atoms with Crippen molar-refractivity contribution in [2.24, 2.45) is 11.8 Å². The molecule has 1 heterocycles. The van der Waals surface area contributed by atoms with E-state index in [0.717, 1.165) is 44.9 Å². The van der Waals surface area contributed by atoms with Crippen molar-refractivity contribution in [3.63, 3.8) is 0 Å². The Balaban J connectivity index is 1.91. The van der Waals surface area contributed by atoms with E-state index in [1.54, 1.807) is 4.31 Å². The summed E-state index contributed by atoms with van der Waals surface area (Å²) in [5.41, 5.74) is 0. The van der Waals surface area contributed by atoms with Crippen molar-refractivity contribution in [1.82, 2.24) is 9.03 Å². The Hall–Kier alpha value is -0.170. The molecule has 0 bridgehead atoms. The molecule has 3 atom stereocenters. The van der Waals surface area contributed by atoms with Crippen molar-refractivity contribution in [1.29, 1.82) is 0 Å². The maximum absolute atomic E-state index is 12.4. The van der Waals surface area contributed by atoms with Gasteiger partial charge >= 0.3 is 0 Å². The molecular formula is C14H28N2O3S. The average Bonchev–Trinajstić information content (AvgIpc) is 2.46. The molecule has 0 spiro atoms. The third-order valence-corrected chi connectivity index (χ3v) is 6.57. The van der Waals surface area contributed by atoms with Crippen LogP contribution in [0, 0.1) is 11.8 Å². The highest BCUT2D eigenvalue weighted by Crippen LogP contribution is 2.29. The summed E-state index contributed by atoms with van der Waals surface area (Å²) in [5, 5.41) is 9.39. The summed E-state index contributed by atoms with van der Waals surface area (Å²) < 4.78 is 29.2. The van der Waals surface area contributed by atoms with E-state index in [4.69, 9.17) is 0 Å². The maximum atomic E-state index is 12.4. The van der Waals surface area contributed by atoms with Gasteiger partial charge in [0.25, 0.3) is 10.2 Å². The molecule has 0 amide bonds. The van der Waals surface area contributed by atoms with Gasteiger partial charge in [0.05, 0.1) is 0 Å². The average molecular weight is 304 g/mol. The maximum Gasteiger partial charge on any atom is 0.279 e. The van der Waals surface area contributed by atoms with Gasteiger partial charge < -0.3 is 5.11 Å². The van der Waals surface area contributed by atoms with Crippen LogP contribution in [0.25, 0.3) is 0 Å². The minimum absolute atomic E-state index is 0.0984. The van der Waals surface area contributed by atoms with Crippen LogP contribution in [-0.4, -0.2) is 43.6 Å². The molecule has 0 aromatic heterocycles. The van der Waals surface area contributed by atoms with Crippen LogP contribution in [-0.2, 0) is 10.2 Å². The van der Waals surface area contributed by atoms with E-state index >= 15 is 0 Å². The largest absolute Gasteiger partial charge is 0.396 e. The molecule has 3 unspecified atom stereocenters. The molecule has 2 N–H and O–H groups in total. The smallest absolute Gasteiger partial charge is 0.279 e. The molecule has 2 aliphatic rings. The first-order chi connectivity index (χ1) is 9.54. The summed E-state index contributed by atoms with van der Waals surface area (Å²) in [6, 6.07) is 0.0984. The van der Waals surface area contributed by atoms with Gasteiger partial charge in [-0.1, -0.05) is 19.3 Å². The Morgan fingerprint density at radius 3 is 2.40 bits per heavy atom. The van der Waals surface area contributed by atoms with Crippen LogP contribution in [0.1, 0.15) is 51.9 Å². The molecule has 1 saturated carbocycles. The summed E-state index contributed by atoms with van der Waals surface area (Å²) in [5.74, 6) is 0.536. The Morgan fingerprint density at radius 1 is 1.10 bits per heavy atom. The van der Waals surface area contributed by atoms with Crippen LogP contribution in [0.2, 0.25) is 0 Å². The zero-order valence-corrected chi connectivity index (χ0v) is 13.2. The topological polar surface area (TPSA) is 69.6 Å². The first-order valence-corrected chi connectivity index (χ1v) is 9.36. The van der Waals surface area contributed by atoms with Crippen molar-refractivity contribution in [3.05, 3.63) is 0 Å². The molecule has 5 nitrogen and oxygen atoms in total. The number of rotatable bonds is 5. The Labute approximate surface area is 122 Å². The predicted molar refractivity (Wildman–Crippen MR) is 79.5 cm³/mol. The van der Waals surface area contributed by atoms with Crippen LogP contribution in [0.4, 0.5) is 0 Å². The summed E-state index contributed by atoms with van der Waals surface area (Å²) in [6.07, 6.45) is 7.34. The zero-order valence-electron chi connectivity index (χ0n) is 12.4. The van der Waals surface area contributed by atoms with Crippen molar-refractivity contribution < 1.29 is 13.5 Å². The van der Waals surface area contributed by atoms with Crippen LogP contribution >= 0.6 is 0 Å². The Morgan fingerprint density at radius 2 is 1.75 bits per heavy atom. The Bertz CT molecular complexity index is 399. The minimum atomic E-state index is -3.36. The molecule has 2 fully saturated rings. The molecule has 0 aromatic carbocycles. The van der Waals surface area contributed by atoms with Crippen molar-refractivity contribution >= 4 is 10.2 Å². The zero-order chi connectivity index (χ0) is 14.6. The lowest BCUT2D eigenvalue weighted by molar-refractivity contribution is 0.136. The molecule has 118 valence electrons. The van der Waals surface area contributed by atoms with Crippen LogP contribution < -0.4 is 4.72 Å². The second-order valence-electron chi connectivity index (χ2n) is 6.30. The monoisotopic (exact) mass is 304 g/mol. The third kappa shape index (κ3) is 3.93. The predicted octanol–water partition coefficient (Wildman–Crippen LogP) is 1.49. The Kier molecular flexibility index (Phi) is 5.84. The van der Waals surface area contributed by atoms with Gasteiger partial charge in [0.2, 0.25) is 0 Å². The highest BCUT2D eigenvalue weighted by molar-refractivity contribution is 7.87. The number of piperidine rings is 1. The normalized spacial score (nSPS) is 33.2. The molecule has 0 aromatic rings. The van der Waals surface area contributed by atoms with Gasteiger partial charge in [-0.3, -0.25) is 0 Å². The fourth-order valence-corrected chi connectivity index (χ4v) is 5.06. The summed E-state index contributed by atoms with van der Waals surface area (Å²) >= 11 is 0. The van der Waals surface area contributed by atoms with E-state index in [9.17, 15) is 13.5 Å². The SMILES string of the molecule is CC1CCCCN1S(=O)(=O)NCC1CCCCC1CO. The molecule has 0 radical (unpaired) electrons. The second kappa shape index (κ2) is 7.20. The van der Waals surface area contributed by atoms with Gasteiger partial charge in [-0.15, -0.1) is 0 Å². The minimum Gasteiger partial charge on any atom is -0.396 e. The number of nitrogens with zero attached hydrogens (tertiary/aromatic N) is 1. The molecule has 1 saturated heterocycles. The van der Waals surface area contributed by atoms with E-state index in [0.29, 0.717) is 13.1 Å². The molecule has 2 rings (SSSR count). The highest BCUT2D eigenvalue weighted by atomic mass is 32.2. The second-order valence-corrected chi connectivity index (χ2v) is 8.00. The fraction of sp³-hybridized carbons (Fsp3) is 1.00. The van der Waals surface area contributed by atoms with Gasteiger partial charge in [-0.2, -0.15) is 12.7 Å². The lowest BCUT2D eigenvalue weighted by Gasteiger charge is -2.34. The van der Waals surface area contributed by atoms with E-state index in [1.807, 2.05) is 6.92 Å². The van der Waals surface area contributed by atoms with E-state index in [2.05, 4.69) is 4.72 Å². The molecular weight excluding hydrogens is 276 g/mol. The third-order valence-electron chi connectivity index (χ3n) is 4.88. The molecule has 6 heteroatoms. The number of hydrogen-bond donors (Lipinski definition) is 2. The lowest BCUT2D eigenvalue weighted by atomic mass is 9.80. The van der Waals surface area contributed by atoms with Gasteiger partial charge in [0.15, 0.2) is 0 Å². The summed E-state index contributed by atoms with van der Waals surface area (Å²) in [7, 11) is -3.36. The quantitative estimate of drug-likeness (QED) is 0.808. The summed E-state index contributed by atoms with van der Waals surface area (Å²) in [6.45, 7) is 3.25. The first kappa shape index (κ1) is 16.2. The van der Waals surface area contributed by atoms with Gasteiger partial charge in [-0.25, -0.2) is 4.72 Å². The van der Waals surface area contributed by atoms with E-state index < -0.39 is 10.2 Å². The number of aliphatic hydroxyl groups excluding tert-OH is 1. The first-order valence-electron chi connectivity index (χ1n) is 7.92. The summed E-state index contributed by atoms with van der Waals surface area (Å²) in [4.78, 5) is 0. The lowest BCUT2D eigenvalue weighted by Crippen LogP contribution is -2.49. The molecule has 20 heavy (non-hydrogen) atoms. The van der Waals surface area contributed by atoms with Gasteiger partial charge in [-0.05, 0) is 44.4 Å². The van der Waals surface area contributed by atoms with Crippen molar-refractivity contribution in [2.45, 2.75) is 57.9 Å². The van der Waals surface area contributed by atoms with E-state index in [-0.39, 0.29) is 24.5 Å². The molecule has 1 aliphatic heterocycles. The number of hydrogen-bond acceptors (Lipinski definition) is 3. The van der Waals surface area contributed by atoms with Crippen molar-refractivity contribution in [2.75, 3.05) is 19.7 Å². The fourth-order valence-electron chi connectivity index (χ4n) is 3.52. The van der Waals surface area contributed by atoms with Crippen molar-refractivity contribution in [3.8, 4) is 0 Å².